The fraction of sp³-hybridized carbons (Fsp3) is 0.357. The van der Waals surface area contributed by atoms with Gasteiger partial charge in [0.1, 0.15) is 0 Å². The number of nitrogens with one attached hydrogen (secondary N) is 1. The second kappa shape index (κ2) is 5.79. The van der Waals surface area contributed by atoms with Gasteiger partial charge in [-0.15, -0.1) is 0 Å². The number of likely N-dealkylation sites (N-methyl/N-ethyl adjacent to an activating group) is 1. The van der Waals surface area contributed by atoms with Crippen molar-refractivity contribution in [2.24, 2.45) is 0 Å². The first kappa shape index (κ1) is 14.1. The van der Waals surface area contributed by atoms with E-state index in [1.807, 2.05) is 13.0 Å². The molecule has 1 heterocycles. The third-order valence-electron chi connectivity index (χ3n) is 3.36. The number of hydrogen-bond acceptors (Lipinski definition) is 2. The van der Waals surface area contributed by atoms with Gasteiger partial charge in [0.05, 0.1) is 0 Å². The van der Waals surface area contributed by atoms with Crippen molar-refractivity contribution < 1.29 is 28.9 Å². The van der Waals surface area contributed by atoms with Crippen molar-refractivity contribution >= 4 is 21.9 Å². The quantitative estimate of drug-likeness (QED) is 0.756. The number of aryl methyl sites for hydroxylation is 2. The number of anilines is 1. The number of carbonyl (C=O) groups is 2. The summed E-state index contributed by atoms with van der Waals surface area (Å²) in [6.07, 6.45) is 1.45. The van der Waals surface area contributed by atoms with E-state index in [1.165, 1.54) is 4.40 Å². The molecule has 4 nitrogen and oxygen atoms in total. The van der Waals surface area contributed by atoms with Crippen molar-refractivity contribution in [3.05, 3.63) is 29.3 Å². The van der Waals surface area contributed by atoms with E-state index in [-0.39, 0.29) is 11.8 Å². The van der Waals surface area contributed by atoms with Crippen LogP contribution in [0.1, 0.15) is 17.5 Å². The molecule has 0 saturated carbocycles. The molecule has 1 aliphatic rings. The fourth-order valence-electron chi connectivity index (χ4n) is 2.31. The molecule has 1 aromatic rings. The Morgan fingerprint density at radius 2 is 2.26 bits per heavy atom. The van der Waals surface area contributed by atoms with Crippen molar-refractivity contribution in [2.75, 3.05) is 11.9 Å². The van der Waals surface area contributed by atoms with Crippen LogP contribution in [0.5, 0.6) is 0 Å². The summed E-state index contributed by atoms with van der Waals surface area (Å²) in [4.78, 5) is 25.5. The third-order valence-corrected chi connectivity index (χ3v) is 4.13. The summed E-state index contributed by atoms with van der Waals surface area (Å²) in [5, 5.41) is 2.77. The molecule has 2 rings (SSSR count). The average Bonchev–Trinajstić information content (AvgIpc) is 2.51. The van der Waals surface area contributed by atoms with Gasteiger partial charge in [-0.05, 0) is 0 Å². The average molecular weight is 428 g/mol. The van der Waals surface area contributed by atoms with Crippen LogP contribution in [0.3, 0.4) is 0 Å². The standard InChI is InChI=1S/C14H16N2O2.W/c1-9-4-5-11-6-7-12(15-10(2)17)14(18)16(3)13(11)8-9;/h2,4-5,8,12H,6-7H2,1,3H3,(H,15,17);. The van der Waals surface area contributed by atoms with Crippen LogP contribution in [0.4, 0.5) is 5.69 Å². The summed E-state index contributed by atoms with van der Waals surface area (Å²) in [7, 11) is 1.77. The predicted octanol–water partition coefficient (Wildman–Crippen LogP) is 0.738. The van der Waals surface area contributed by atoms with Crippen LogP contribution >= 0.6 is 0 Å². The Kier molecular flexibility index (Phi) is 4.30. The Bertz CT molecular complexity index is 542. The van der Waals surface area contributed by atoms with E-state index in [1.54, 1.807) is 11.9 Å². The molecule has 0 fully saturated rings. The van der Waals surface area contributed by atoms with Gasteiger partial charge in [0.2, 0.25) is 0 Å². The molecule has 1 aliphatic heterocycles. The summed E-state index contributed by atoms with van der Waals surface area (Å²) in [5.74, 6) is -0.210. The molecule has 19 heavy (non-hydrogen) atoms. The molecule has 100 valence electrons. The van der Waals surface area contributed by atoms with E-state index in [2.05, 4.69) is 17.4 Å². The van der Waals surface area contributed by atoms with Crippen molar-refractivity contribution in [1.29, 1.82) is 0 Å². The van der Waals surface area contributed by atoms with Crippen molar-refractivity contribution in [3.63, 3.8) is 0 Å². The second-order valence-corrected chi connectivity index (χ2v) is 5.59. The molecular formula is C14H16N2O2W. The van der Waals surface area contributed by atoms with Gasteiger partial charge in [-0.25, -0.2) is 0 Å². The number of benzene rings is 1. The van der Waals surface area contributed by atoms with Crippen LogP contribution in [0, 0.1) is 6.92 Å². The molecule has 0 aromatic heterocycles. The van der Waals surface area contributed by atoms with E-state index in [9.17, 15) is 9.59 Å². The number of carbonyl (C=O) groups excluding carboxylic acids is 2. The van der Waals surface area contributed by atoms with Crippen molar-refractivity contribution in [1.82, 2.24) is 5.32 Å². The topological polar surface area (TPSA) is 49.4 Å². The number of amides is 2. The number of nitrogens with zero attached hydrogens (tertiary/aromatic N) is 1. The SMILES string of the molecule is Cc1ccc2c(c1)N(C)C(=O)C(NC(=O)[CH]=[W])CC2. The summed E-state index contributed by atoms with van der Waals surface area (Å²) in [5.41, 5.74) is 3.24. The zero-order chi connectivity index (χ0) is 14.0. The Morgan fingerprint density at radius 1 is 1.53 bits per heavy atom. The molecule has 2 amide bonds. The van der Waals surface area contributed by atoms with Gasteiger partial charge in [0, 0.05) is 0 Å². The Balaban J connectivity index is 2.29. The monoisotopic (exact) mass is 428 g/mol. The molecule has 1 unspecified atom stereocenters. The number of hydrogen-bond donors (Lipinski definition) is 1. The Morgan fingerprint density at radius 3 is 2.95 bits per heavy atom. The van der Waals surface area contributed by atoms with Gasteiger partial charge >= 0.3 is 123 Å². The van der Waals surface area contributed by atoms with Gasteiger partial charge in [0.15, 0.2) is 0 Å². The summed E-state index contributed by atoms with van der Waals surface area (Å²) < 4.78 is 1.52. The predicted molar refractivity (Wildman–Crippen MR) is 70.9 cm³/mol. The van der Waals surface area contributed by atoms with E-state index in [4.69, 9.17) is 0 Å². The zero-order valence-electron chi connectivity index (χ0n) is 11.0. The maximum atomic E-state index is 12.4. The first-order valence-corrected chi connectivity index (χ1v) is 7.85. The van der Waals surface area contributed by atoms with Crippen LogP contribution < -0.4 is 10.2 Å². The Hall–Kier alpha value is -1.28. The van der Waals surface area contributed by atoms with Gasteiger partial charge in [-0.2, -0.15) is 0 Å². The van der Waals surface area contributed by atoms with E-state index in [0.717, 1.165) is 42.6 Å². The van der Waals surface area contributed by atoms with Gasteiger partial charge in [0.25, 0.3) is 0 Å². The molecule has 1 aromatic carbocycles. The van der Waals surface area contributed by atoms with Gasteiger partial charge in [-0.3, -0.25) is 0 Å². The molecule has 1 N–H and O–H groups in total. The molecule has 0 bridgehead atoms. The zero-order valence-corrected chi connectivity index (χ0v) is 13.9. The summed E-state index contributed by atoms with van der Waals surface area (Å²) in [6.45, 7) is 2.01. The molecule has 0 spiro atoms. The van der Waals surface area contributed by atoms with Gasteiger partial charge in [-0.1, -0.05) is 0 Å². The molecule has 0 radical (unpaired) electrons. The number of fused-ring (bicyclic) bond motifs is 1. The van der Waals surface area contributed by atoms with Crippen molar-refractivity contribution in [2.45, 2.75) is 25.8 Å². The van der Waals surface area contributed by atoms with Crippen LogP contribution in [0.2, 0.25) is 0 Å². The second-order valence-electron chi connectivity index (χ2n) is 4.75. The van der Waals surface area contributed by atoms with Crippen LogP contribution in [-0.4, -0.2) is 29.3 Å². The Labute approximate surface area is 123 Å². The minimum absolute atomic E-state index is 0.0467. The fourth-order valence-corrected chi connectivity index (χ4v) is 2.56. The van der Waals surface area contributed by atoms with E-state index in [0.29, 0.717) is 6.42 Å². The molecular weight excluding hydrogens is 412 g/mol. The van der Waals surface area contributed by atoms with Gasteiger partial charge < -0.3 is 0 Å². The first-order valence-electron chi connectivity index (χ1n) is 6.15. The van der Waals surface area contributed by atoms with Crippen LogP contribution in [-0.2, 0) is 35.4 Å². The summed E-state index contributed by atoms with van der Waals surface area (Å²) >= 11 is 1.08. The van der Waals surface area contributed by atoms with Crippen LogP contribution in [0.25, 0.3) is 0 Å². The number of rotatable bonds is 2. The molecule has 5 heteroatoms. The maximum absolute atomic E-state index is 12.4. The minimum atomic E-state index is -0.430. The third kappa shape index (κ3) is 3.00. The first-order chi connectivity index (χ1) is 9.02. The van der Waals surface area contributed by atoms with E-state index >= 15 is 0 Å². The molecule has 0 aliphatic carbocycles. The summed E-state index contributed by atoms with van der Waals surface area (Å²) in [6, 6.07) is 5.71. The van der Waals surface area contributed by atoms with E-state index < -0.39 is 6.04 Å². The van der Waals surface area contributed by atoms with Crippen LogP contribution in [0.15, 0.2) is 18.2 Å². The molecule has 0 saturated heterocycles. The molecule has 1 atom stereocenters. The van der Waals surface area contributed by atoms with Crippen molar-refractivity contribution in [3.8, 4) is 0 Å². The normalized spacial score (nSPS) is 18.5.